The molecule has 3 rings (SSSR count). The van der Waals surface area contributed by atoms with Crippen molar-refractivity contribution < 1.29 is 9.18 Å². The van der Waals surface area contributed by atoms with Gasteiger partial charge in [-0.2, -0.15) is 0 Å². The van der Waals surface area contributed by atoms with Crippen molar-refractivity contribution in [3.05, 3.63) is 38.7 Å². The minimum Gasteiger partial charge on any atom is -0.339 e. The van der Waals surface area contributed by atoms with E-state index in [1.807, 2.05) is 0 Å². The fraction of sp³-hybridized carbons (Fsp3) is 0.471. The van der Waals surface area contributed by atoms with E-state index in [2.05, 4.69) is 23.8 Å². The molecule has 0 fully saturated rings. The summed E-state index contributed by atoms with van der Waals surface area (Å²) in [5.41, 5.74) is 1.03. The van der Waals surface area contributed by atoms with Crippen molar-refractivity contribution in [1.29, 1.82) is 0 Å². The van der Waals surface area contributed by atoms with Crippen LogP contribution in [0.1, 0.15) is 35.3 Å². The number of fused-ring (bicyclic) bond motifs is 1. The lowest BCUT2D eigenvalue weighted by atomic mass is 10.2. The quantitative estimate of drug-likeness (QED) is 0.796. The maximum atomic E-state index is 14.5. The zero-order valence-electron chi connectivity index (χ0n) is 14.7. The summed E-state index contributed by atoms with van der Waals surface area (Å²) < 4.78 is 14.5. The molecule has 0 spiro atoms. The van der Waals surface area contributed by atoms with E-state index < -0.39 is 12.1 Å². The summed E-state index contributed by atoms with van der Waals surface area (Å²) >= 11 is 7.46. The number of halogens is 2. The van der Waals surface area contributed by atoms with Gasteiger partial charge in [0, 0.05) is 55.2 Å². The molecule has 1 aromatic heterocycles. The Balaban J connectivity index is 1.65. The van der Waals surface area contributed by atoms with Crippen molar-refractivity contribution in [3.63, 3.8) is 0 Å². The molecule has 9 heteroatoms. The largest absolute Gasteiger partial charge is 0.339 e. The van der Waals surface area contributed by atoms with E-state index in [-0.39, 0.29) is 5.82 Å². The Morgan fingerprint density at radius 1 is 1.42 bits per heavy atom. The van der Waals surface area contributed by atoms with Gasteiger partial charge in [-0.05, 0) is 0 Å². The van der Waals surface area contributed by atoms with Gasteiger partial charge >= 0.3 is 0 Å². The normalized spacial score (nSPS) is 20.2. The average molecular weight is 398 g/mol. The van der Waals surface area contributed by atoms with Gasteiger partial charge in [0.25, 0.3) is 5.91 Å². The topological polar surface area (TPSA) is 74.8 Å². The summed E-state index contributed by atoms with van der Waals surface area (Å²) in [6.07, 6.45) is 3.40. The molecule has 26 heavy (non-hydrogen) atoms. The van der Waals surface area contributed by atoms with E-state index in [0.29, 0.717) is 36.9 Å². The van der Waals surface area contributed by atoms with Crippen LogP contribution in [-0.4, -0.2) is 46.3 Å². The van der Waals surface area contributed by atoms with Gasteiger partial charge in [0.2, 0.25) is 6.17 Å². The Hall–Kier alpha value is -1.77. The van der Waals surface area contributed by atoms with Crippen molar-refractivity contribution in [1.82, 2.24) is 14.9 Å². The van der Waals surface area contributed by atoms with Gasteiger partial charge in [0.05, 0.1) is 15.7 Å². The molecule has 2 N–H and O–H groups in total. The standard InChI is InChI=1S/C17H21ClFN5OS/c1-10(2)16-22-13-3-5-23(6-4-14(13)26-16)17(25)12(19)7-15-21-8-11(18)9-24(15)20/h7-10,12H,3-6,20H2,1-2H3. The number of alkyl halides is 1. The number of rotatable bonds is 3. The number of carbonyl (C=O) groups is 1. The maximum Gasteiger partial charge on any atom is 0.261 e. The molecule has 0 saturated carbocycles. The molecule has 2 aliphatic rings. The predicted octanol–water partition coefficient (Wildman–Crippen LogP) is 2.71. The first-order valence-electron chi connectivity index (χ1n) is 8.43. The number of aliphatic imine (C=N–C) groups is 1. The highest BCUT2D eigenvalue weighted by molar-refractivity contribution is 7.11. The maximum absolute atomic E-state index is 14.5. The van der Waals surface area contributed by atoms with Crippen LogP contribution in [0.3, 0.4) is 0 Å². The van der Waals surface area contributed by atoms with Gasteiger partial charge in [-0.1, -0.05) is 25.4 Å². The summed E-state index contributed by atoms with van der Waals surface area (Å²) in [5.74, 6) is 5.65. The van der Waals surface area contributed by atoms with Crippen LogP contribution in [0.15, 0.2) is 28.1 Å². The van der Waals surface area contributed by atoms with E-state index >= 15 is 0 Å². The van der Waals surface area contributed by atoms with E-state index in [0.717, 1.165) is 21.8 Å². The first kappa shape index (κ1) is 19.0. The fourth-order valence-corrected chi connectivity index (χ4v) is 4.04. The first-order valence-corrected chi connectivity index (χ1v) is 9.63. The highest BCUT2D eigenvalue weighted by Gasteiger charge is 2.27. The Labute approximate surface area is 160 Å². The molecule has 6 nitrogen and oxygen atoms in total. The zero-order valence-corrected chi connectivity index (χ0v) is 16.2. The second-order valence-electron chi connectivity index (χ2n) is 6.51. The number of nitrogens with two attached hydrogens (primary N) is 1. The number of amides is 1. The molecule has 3 heterocycles. The van der Waals surface area contributed by atoms with Crippen molar-refractivity contribution in [2.24, 2.45) is 10.8 Å². The number of hydrogen-bond donors (Lipinski definition) is 1. The van der Waals surface area contributed by atoms with Gasteiger partial charge in [-0.3, -0.25) is 9.80 Å². The van der Waals surface area contributed by atoms with Gasteiger partial charge in [-0.25, -0.2) is 20.2 Å². The molecule has 1 amide bonds. The third kappa shape index (κ3) is 4.13. The van der Waals surface area contributed by atoms with E-state index in [1.54, 1.807) is 16.2 Å². The molecule has 2 aliphatic heterocycles. The molecular weight excluding hydrogens is 377 g/mol. The second kappa shape index (κ2) is 7.85. The van der Waals surface area contributed by atoms with Gasteiger partial charge in [0.15, 0.2) is 0 Å². The lowest BCUT2D eigenvalue weighted by molar-refractivity contribution is -0.134. The van der Waals surface area contributed by atoms with Crippen LogP contribution >= 0.6 is 22.9 Å². The molecule has 0 aliphatic carbocycles. The fourth-order valence-electron chi connectivity index (χ4n) is 2.78. The molecule has 1 unspecified atom stereocenters. The molecule has 1 aromatic rings. The highest BCUT2D eigenvalue weighted by Crippen LogP contribution is 2.28. The van der Waals surface area contributed by atoms with Crippen LogP contribution in [0.4, 0.5) is 4.39 Å². The van der Waals surface area contributed by atoms with Crippen LogP contribution in [0.25, 0.3) is 0 Å². The zero-order chi connectivity index (χ0) is 18.8. The molecule has 1 atom stereocenters. The summed E-state index contributed by atoms with van der Waals surface area (Å²) in [7, 11) is 0. The number of carbonyl (C=O) groups excluding carboxylic acids is 1. The molecule has 0 saturated heterocycles. The Bertz CT molecular complexity index is 763. The van der Waals surface area contributed by atoms with Crippen LogP contribution < -0.4 is 5.84 Å². The first-order chi connectivity index (χ1) is 12.3. The van der Waals surface area contributed by atoms with Gasteiger partial charge < -0.3 is 4.90 Å². The lowest BCUT2D eigenvalue weighted by Gasteiger charge is -2.22. The average Bonchev–Trinajstić information content (AvgIpc) is 2.90. The third-order valence-corrected chi connectivity index (χ3v) is 5.86. The van der Waals surface area contributed by atoms with Crippen molar-refractivity contribution in [3.8, 4) is 0 Å². The highest BCUT2D eigenvalue weighted by atomic mass is 35.5. The van der Waals surface area contributed by atoms with Crippen molar-refractivity contribution >= 4 is 35.1 Å². The Morgan fingerprint density at radius 2 is 2.15 bits per heavy atom. The number of aromatic nitrogens is 1. The number of thiazole rings is 1. The molecule has 0 aromatic carbocycles. The minimum atomic E-state index is -1.81. The number of hydrogen-bond acceptors (Lipinski definition) is 6. The van der Waals surface area contributed by atoms with E-state index in [4.69, 9.17) is 17.4 Å². The Kier molecular flexibility index (Phi) is 5.74. The number of hydrazine groups is 1. The molecule has 0 radical (unpaired) electrons. The SMILES string of the molecule is CC(C)c1nc2c(s1)CCN(C(=O)C(F)C=C1N=CC(Cl)=CN1N)CC2. The number of allylic oxidation sites excluding steroid dienone is 1. The van der Waals surface area contributed by atoms with Crippen LogP contribution in [0.5, 0.6) is 0 Å². The third-order valence-electron chi connectivity index (χ3n) is 4.21. The Morgan fingerprint density at radius 3 is 2.85 bits per heavy atom. The van der Waals surface area contributed by atoms with Crippen LogP contribution in [0, 0.1) is 0 Å². The number of nitrogens with zero attached hydrogens (tertiary/aromatic N) is 4. The summed E-state index contributed by atoms with van der Waals surface area (Å²) in [6.45, 7) is 5.17. The molecule has 140 valence electrons. The monoisotopic (exact) mass is 397 g/mol. The molecule has 0 bridgehead atoms. The van der Waals surface area contributed by atoms with Crippen LogP contribution in [-0.2, 0) is 17.6 Å². The summed E-state index contributed by atoms with van der Waals surface area (Å²) in [5, 5.41) is 2.55. The van der Waals surface area contributed by atoms with Crippen molar-refractivity contribution in [2.45, 2.75) is 38.8 Å². The smallest absolute Gasteiger partial charge is 0.261 e. The second-order valence-corrected chi connectivity index (χ2v) is 8.06. The van der Waals surface area contributed by atoms with Gasteiger partial charge in [0.1, 0.15) is 5.82 Å². The van der Waals surface area contributed by atoms with Crippen molar-refractivity contribution in [2.75, 3.05) is 13.1 Å². The molecular formula is C17H21ClFN5OS. The lowest BCUT2D eigenvalue weighted by Crippen LogP contribution is -2.39. The van der Waals surface area contributed by atoms with E-state index in [1.165, 1.54) is 17.3 Å². The van der Waals surface area contributed by atoms with Crippen LogP contribution in [0.2, 0.25) is 0 Å². The minimum absolute atomic E-state index is 0.146. The summed E-state index contributed by atoms with van der Waals surface area (Å²) in [4.78, 5) is 23.8. The predicted molar refractivity (Wildman–Crippen MR) is 102 cm³/mol. The van der Waals surface area contributed by atoms with Gasteiger partial charge in [-0.15, -0.1) is 11.3 Å². The summed E-state index contributed by atoms with van der Waals surface area (Å²) in [6, 6.07) is 0. The van der Waals surface area contributed by atoms with E-state index in [9.17, 15) is 9.18 Å².